The van der Waals surface area contributed by atoms with Crippen molar-refractivity contribution >= 4 is 23.4 Å². The maximum absolute atomic E-state index is 12.0. The Morgan fingerprint density at radius 3 is 2.42 bits per heavy atom. The molecule has 1 aromatic heterocycles. The second-order valence-electron chi connectivity index (χ2n) is 5.87. The van der Waals surface area contributed by atoms with Crippen molar-refractivity contribution in [3.05, 3.63) is 65.5 Å². The number of aromatic nitrogens is 3. The van der Waals surface area contributed by atoms with Crippen molar-refractivity contribution in [2.75, 3.05) is 11.1 Å². The Balaban J connectivity index is 1.45. The van der Waals surface area contributed by atoms with E-state index in [-0.39, 0.29) is 11.7 Å². The highest BCUT2D eigenvalue weighted by molar-refractivity contribution is 7.99. The minimum absolute atomic E-state index is 0.0962. The van der Waals surface area contributed by atoms with Gasteiger partial charge >= 0.3 is 0 Å². The van der Waals surface area contributed by atoms with Gasteiger partial charge in [-0.05, 0) is 38.1 Å². The van der Waals surface area contributed by atoms with Crippen LogP contribution in [0.4, 0.5) is 5.69 Å². The average molecular weight is 368 g/mol. The molecular weight excluding hydrogens is 348 g/mol. The number of carbonyl (C=O) groups excluding carboxylic acids is 1. The molecule has 1 amide bonds. The van der Waals surface area contributed by atoms with Gasteiger partial charge in [0, 0.05) is 5.69 Å². The first-order chi connectivity index (χ1) is 12.6. The number of amides is 1. The van der Waals surface area contributed by atoms with Gasteiger partial charge in [-0.3, -0.25) is 9.89 Å². The van der Waals surface area contributed by atoms with Gasteiger partial charge in [-0.2, -0.15) is 0 Å². The van der Waals surface area contributed by atoms with Gasteiger partial charge in [0.25, 0.3) is 0 Å². The molecule has 26 heavy (non-hydrogen) atoms. The Labute approximate surface area is 156 Å². The Hall–Kier alpha value is -2.80. The summed E-state index contributed by atoms with van der Waals surface area (Å²) in [6, 6.07) is 15.5. The van der Waals surface area contributed by atoms with Gasteiger partial charge in [-0.15, -0.1) is 5.10 Å². The number of aryl methyl sites for hydroxylation is 2. The van der Waals surface area contributed by atoms with Crippen molar-refractivity contribution in [3.8, 4) is 5.75 Å². The molecule has 6 nitrogen and oxygen atoms in total. The number of thioether (sulfide) groups is 1. The number of ether oxygens (including phenoxy) is 1. The van der Waals surface area contributed by atoms with E-state index >= 15 is 0 Å². The lowest BCUT2D eigenvalue weighted by atomic mass is 10.2. The van der Waals surface area contributed by atoms with Gasteiger partial charge in [-0.25, -0.2) is 4.98 Å². The third-order valence-electron chi connectivity index (χ3n) is 3.58. The molecule has 7 heteroatoms. The first-order valence-electron chi connectivity index (χ1n) is 8.18. The summed E-state index contributed by atoms with van der Waals surface area (Å²) in [6.07, 6.45) is 0. The molecule has 0 radical (unpaired) electrons. The largest absolute Gasteiger partial charge is 0.486 e. The molecule has 3 aromatic rings. The third-order valence-corrected chi connectivity index (χ3v) is 4.42. The summed E-state index contributed by atoms with van der Waals surface area (Å²) < 4.78 is 5.65. The summed E-state index contributed by atoms with van der Waals surface area (Å²) in [5.41, 5.74) is 3.11. The number of carbonyl (C=O) groups is 1. The first kappa shape index (κ1) is 18.0. The van der Waals surface area contributed by atoms with E-state index in [9.17, 15) is 4.79 Å². The molecule has 0 spiro atoms. The summed E-state index contributed by atoms with van der Waals surface area (Å²) >= 11 is 1.27. The fourth-order valence-electron chi connectivity index (χ4n) is 2.16. The number of hydrogen-bond donors (Lipinski definition) is 2. The van der Waals surface area contributed by atoms with Gasteiger partial charge in [-0.1, -0.05) is 47.2 Å². The highest BCUT2D eigenvalue weighted by Crippen LogP contribution is 2.16. The van der Waals surface area contributed by atoms with Crippen LogP contribution in [0.25, 0.3) is 0 Å². The van der Waals surface area contributed by atoms with E-state index in [0.717, 1.165) is 17.0 Å². The predicted molar refractivity (Wildman–Crippen MR) is 102 cm³/mol. The lowest BCUT2D eigenvalue weighted by Crippen LogP contribution is -2.14. The predicted octanol–water partition coefficient (Wildman–Crippen LogP) is 3.73. The van der Waals surface area contributed by atoms with Crippen LogP contribution in [0, 0.1) is 13.8 Å². The highest BCUT2D eigenvalue weighted by Gasteiger charge is 2.08. The minimum Gasteiger partial charge on any atom is -0.486 e. The molecule has 0 aliphatic carbocycles. The molecule has 0 aliphatic rings. The maximum Gasteiger partial charge on any atom is 0.234 e. The third kappa shape index (κ3) is 5.35. The van der Waals surface area contributed by atoms with Crippen LogP contribution in [0.2, 0.25) is 0 Å². The average Bonchev–Trinajstić information content (AvgIpc) is 3.09. The maximum atomic E-state index is 12.0. The monoisotopic (exact) mass is 368 g/mol. The van der Waals surface area contributed by atoms with Crippen molar-refractivity contribution in [3.63, 3.8) is 0 Å². The number of rotatable bonds is 7. The number of H-pyrrole nitrogens is 1. The number of benzene rings is 2. The topological polar surface area (TPSA) is 79.9 Å². The Morgan fingerprint density at radius 1 is 1.08 bits per heavy atom. The summed E-state index contributed by atoms with van der Waals surface area (Å²) in [5.74, 6) is 1.54. The quantitative estimate of drug-likeness (QED) is 0.621. The van der Waals surface area contributed by atoms with Crippen LogP contribution < -0.4 is 10.1 Å². The van der Waals surface area contributed by atoms with Gasteiger partial charge in [0.05, 0.1) is 5.75 Å². The summed E-state index contributed by atoms with van der Waals surface area (Å²) in [5, 5.41) is 10.3. The van der Waals surface area contributed by atoms with Crippen LogP contribution >= 0.6 is 11.8 Å². The fourth-order valence-corrected chi connectivity index (χ4v) is 2.77. The first-order valence-corrected chi connectivity index (χ1v) is 9.17. The molecular formula is C19H20N4O2S. The Morgan fingerprint density at radius 2 is 1.73 bits per heavy atom. The molecule has 2 N–H and O–H groups in total. The van der Waals surface area contributed by atoms with Crippen molar-refractivity contribution in [1.82, 2.24) is 15.2 Å². The van der Waals surface area contributed by atoms with E-state index in [4.69, 9.17) is 4.74 Å². The number of anilines is 1. The molecule has 1 heterocycles. The van der Waals surface area contributed by atoms with E-state index in [1.165, 1.54) is 17.3 Å². The standard InChI is InChI=1S/C19H20N4O2S/c1-13-3-7-15(8-4-13)20-18(24)12-26-19-21-17(22-23-19)11-25-16-9-5-14(2)6-10-16/h3-10H,11-12H2,1-2H3,(H,20,24)(H,21,22,23). The smallest absolute Gasteiger partial charge is 0.234 e. The van der Waals surface area contributed by atoms with Crippen molar-refractivity contribution in [1.29, 1.82) is 0 Å². The van der Waals surface area contributed by atoms with Crippen molar-refractivity contribution in [2.24, 2.45) is 0 Å². The highest BCUT2D eigenvalue weighted by atomic mass is 32.2. The molecule has 134 valence electrons. The van der Waals surface area contributed by atoms with Crippen LogP contribution in [-0.4, -0.2) is 26.8 Å². The summed E-state index contributed by atoms with van der Waals surface area (Å²) in [7, 11) is 0. The van der Waals surface area contributed by atoms with Crippen molar-refractivity contribution in [2.45, 2.75) is 25.6 Å². The molecule has 0 bridgehead atoms. The minimum atomic E-state index is -0.0962. The number of nitrogens with zero attached hydrogens (tertiary/aromatic N) is 2. The molecule has 0 atom stereocenters. The molecule has 0 saturated carbocycles. The zero-order valence-corrected chi connectivity index (χ0v) is 15.5. The number of hydrogen-bond acceptors (Lipinski definition) is 5. The van der Waals surface area contributed by atoms with Crippen LogP contribution in [0.5, 0.6) is 5.75 Å². The van der Waals surface area contributed by atoms with Crippen LogP contribution in [0.1, 0.15) is 17.0 Å². The van der Waals surface area contributed by atoms with E-state index in [1.54, 1.807) is 0 Å². The lowest BCUT2D eigenvalue weighted by molar-refractivity contribution is -0.113. The summed E-state index contributed by atoms with van der Waals surface area (Å²) in [4.78, 5) is 16.3. The zero-order chi connectivity index (χ0) is 18.4. The van der Waals surface area contributed by atoms with Crippen LogP contribution in [0.15, 0.2) is 53.7 Å². The van der Waals surface area contributed by atoms with Crippen LogP contribution in [-0.2, 0) is 11.4 Å². The SMILES string of the molecule is Cc1ccc(NC(=O)CSc2n[nH]c(COc3ccc(C)cc3)n2)cc1. The molecule has 0 aliphatic heterocycles. The van der Waals surface area contributed by atoms with Crippen molar-refractivity contribution < 1.29 is 9.53 Å². The van der Waals surface area contributed by atoms with Gasteiger partial charge in [0.2, 0.25) is 11.1 Å². The van der Waals surface area contributed by atoms with E-state index in [0.29, 0.717) is 17.6 Å². The number of nitrogens with one attached hydrogen (secondary N) is 2. The van der Waals surface area contributed by atoms with Crippen LogP contribution in [0.3, 0.4) is 0 Å². The Kier molecular flexibility index (Phi) is 5.91. The normalized spacial score (nSPS) is 10.5. The van der Waals surface area contributed by atoms with Gasteiger partial charge in [0.1, 0.15) is 12.4 Å². The fraction of sp³-hybridized carbons (Fsp3) is 0.211. The van der Waals surface area contributed by atoms with Gasteiger partial charge in [0.15, 0.2) is 5.82 Å². The molecule has 0 fully saturated rings. The van der Waals surface area contributed by atoms with Gasteiger partial charge < -0.3 is 10.1 Å². The molecule has 0 saturated heterocycles. The van der Waals surface area contributed by atoms with E-state index in [2.05, 4.69) is 20.5 Å². The number of aromatic amines is 1. The zero-order valence-electron chi connectivity index (χ0n) is 14.7. The second-order valence-corrected chi connectivity index (χ2v) is 6.81. The summed E-state index contributed by atoms with van der Waals surface area (Å²) in [6.45, 7) is 4.33. The Bertz CT molecular complexity index is 860. The van der Waals surface area contributed by atoms with E-state index in [1.807, 2.05) is 62.4 Å². The second kappa shape index (κ2) is 8.53. The molecule has 0 unspecified atom stereocenters. The van der Waals surface area contributed by atoms with E-state index < -0.39 is 0 Å². The molecule has 2 aromatic carbocycles. The molecule has 3 rings (SSSR count). The lowest BCUT2D eigenvalue weighted by Gasteiger charge is -2.04.